The Balaban J connectivity index is 3.24. The Morgan fingerprint density at radius 1 is 1.50 bits per heavy atom. The van der Waals surface area contributed by atoms with Crippen molar-refractivity contribution in [3.05, 3.63) is 12.2 Å². The van der Waals surface area contributed by atoms with Crippen LogP contribution in [0, 0.1) is 0 Å². The first-order chi connectivity index (χ1) is 5.70. The van der Waals surface area contributed by atoms with Crippen LogP contribution in [-0.2, 0) is 0 Å². The highest BCUT2D eigenvalue weighted by atomic mass is 16.3. The molecule has 1 unspecified atom stereocenters. The Hall–Kier alpha value is -0.340. The maximum absolute atomic E-state index is 9.34. The van der Waals surface area contributed by atoms with Crippen LogP contribution in [0.3, 0.4) is 0 Å². The van der Waals surface area contributed by atoms with E-state index in [2.05, 4.69) is 25.7 Å². The molecule has 12 heavy (non-hydrogen) atoms. The van der Waals surface area contributed by atoms with Crippen molar-refractivity contribution in [3.8, 4) is 0 Å². The van der Waals surface area contributed by atoms with Crippen molar-refractivity contribution in [2.75, 3.05) is 13.1 Å². The topological polar surface area (TPSA) is 32.3 Å². The molecule has 0 aromatic rings. The van der Waals surface area contributed by atoms with Gasteiger partial charge in [0.1, 0.15) is 0 Å². The van der Waals surface area contributed by atoms with E-state index in [4.69, 9.17) is 0 Å². The summed E-state index contributed by atoms with van der Waals surface area (Å²) in [5.74, 6) is 0. The lowest BCUT2D eigenvalue weighted by Gasteiger charge is -2.10. The largest absolute Gasteiger partial charge is 0.392 e. The van der Waals surface area contributed by atoms with Crippen LogP contribution in [0.2, 0.25) is 0 Å². The fourth-order valence-corrected chi connectivity index (χ4v) is 0.976. The van der Waals surface area contributed by atoms with Crippen molar-refractivity contribution in [2.24, 2.45) is 0 Å². The van der Waals surface area contributed by atoms with Crippen molar-refractivity contribution < 1.29 is 5.11 Å². The molecule has 1 atom stereocenters. The lowest BCUT2D eigenvalue weighted by atomic mass is 10.2. The smallest absolute Gasteiger partial charge is 0.0664 e. The Morgan fingerprint density at radius 2 is 2.17 bits per heavy atom. The van der Waals surface area contributed by atoms with Crippen molar-refractivity contribution in [3.63, 3.8) is 0 Å². The standard InChI is InChI=1S/C10H21NO/c1-4-6-10(12)8-11-7-9(3)5-2/h10-12H,3-8H2,1-2H3. The summed E-state index contributed by atoms with van der Waals surface area (Å²) in [7, 11) is 0. The van der Waals surface area contributed by atoms with Crippen LogP contribution >= 0.6 is 0 Å². The Labute approximate surface area is 75.7 Å². The fourth-order valence-electron chi connectivity index (χ4n) is 0.976. The van der Waals surface area contributed by atoms with Crippen LogP contribution < -0.4 is 5.32 Å². The fraction of sp³-hybridized carbons (Fsp3) is 0.800. The van der Waals surface area contributed by atoms with E-state index in [1.807, 2.05) is 0 Å². The lowest BCUT2D eigenvalue weighted by molar-refractivity contribution is 0.162. The third-order valence-corrected chi connectivity index (χ3v) is 1.88. The highest BCUT2D eigenvalue weighted by Crippen LogP contribution is 1.96. The van der Waals surface area contributed by atoms with E-state index in [1.165, 1.54) is 5.57 Å². The SMILES string of the molecule is C=C(CC)CNCC(O)CCC. The van der Waals surface area contributed by atoms with Gasteiger partial charge >= 0.3 is 0 Å². The van der Waals surface area contributed by atoms with Gasteiger partial charge in [0.2, 0.25) is 0 Å². The first kappa shape index (κ1) is 11.7. The van der Waals surface area contributed by atoms with Gasteiger partial charge < -0.3 is 10.4 Å². The van der Waals surface area contributed by atoms with Crippen LogP contribution in [0.4, 0.5) is 0 Å². The minimum absolute atomic E-state index is 0.195. The van der Waals surface area contributed by atoms with E-state index in [0.29, 0.717) is 6.54 Å². The number of rotatable bonds is 7. The molecule has 2 heteroatoms. The molecule has 0 spiro atoms. The van der Waals surface area contributed by atoms with E-state index in [1.54, 1.807) is 0 Å². The van der Waals surface area contributed by atoms with Crippen LogP contribution in [0.25, 0.3) is 0 Å². The molecule has 0 aliphatic carbocycles. The Kier molecular flexibility index (Phi) is 7.11. The van der Waals surface area contributed by atoms with Gasteiger partial charge in [-0.25, -0.2) is 0 Å². The molecule has 0 heterocycles. The molecule has 2 N–H and O–H groups in total. The van der Waals surface area contributed by atoms with E-state index >= 15 is 0 Å². The van der Waals surface area contributed by atoms with Gasteiger partial charge in [0, 0.05) is 13.1 Å². The van der Waals surface area contributed by atoms with Crippen LogP contribution in [-0.4, -0.2) is 24.3 Å². The monoisotopic (exact) mass is 171 g/mol. The molecule has 72 valence electrons. The average Bonchev–Trinajstić information content (AvgIpc) is 2.04. The summed E-state index contributed by atoms with van der Waals surface area (Å²) in [6.07, 6.45) is 2.74. The molecule has 0 aliphatic heterocycles. The minimum Gasteiger partial charge on any atom is -0.392 e. The molecule has 0 aromatic carbocycles. The van der Waals surface area contributed by atoms with Gasteiger partial charge in [0.25, 0.3) is 0 Å². The quantitative estimate of drug-likeness (QED) is 0.571. The van der Waals surface area contributed by atoms with E-state index in [0.717, 1.165) is 25.8 Å². The van der Waals surface area contributed by atoms with E-state index < -0.39 is 0 Å². The molecule has 0 saturated heterocycles. The molecule has 0 bridgehead atoms. The summed E-state index contributed by atoms with van der Waals surface area (Å²) >= 11 is 0. The number of aliphatic hydroxyl groups is 1. The minimum atomic E-state index is -0.195. The molecule has 0 amide bonds. The maximum atomic E-state index is 9.34. The zero-order chi connectivity index (χ0) is 9.40. The number of aliphatic hydroxyl groups excluding tert-OH is 1. The van der Waals surface area contributed by atoms with Crippen LogP contribution in [0.5, 0.6) is 0 Å². The zero-order valence-corrected chi connectivity index (χ0v) is 8.27. The van der Waals surface area contributed by atoms with E-state index in [-0.39, 0.29) is 6.10 Å². The number of nitrogens with one attached hydrogen (secondary N) is 1. The molecular formula is C10H21NO. The Morgan fingerprint density at radius 3 is 2.67 bits per heavy atom. The Bertz CT molecular complexity index is 123. The van der Waals surface area contributed by atoms with Crippen molar-refractivity contribution >= 4 is 0 Å². The normalized spacial score (nSPS) is 12.9. The molecule has 0 saturated carbocycles. The highest BCUT2D eigenvalue weighted by molar-refractivity contribution is 4.94. The number of hydrogen-bond donors (Lipinski definition) is 2. The first-order valence-corrected chi connectivity index (χ1v) is 4.76. The molecule has 0 fully saturated rings. The van der Waals surface area contributed by atoms with Gasteiger partial charge in [0.15, 0.2) is 0 Å². The van der Waals surface area contributed by atoms with Crippen molar-refractivity contribution in [1.29, 1.82) is 0 Å². The summed E-state index contributed by atoms with van der Waals surface area (Å²) in [6, 6.07) is 0. The molecular weight excluding hydrogens is 150 g/mol. The summed E-state index contributed by atoms with van der Waals surface area (Å²) in [6.45, 7) is 9.56. The third kappa shape index (κ3) is 6.38. The van der Waals surface area contributed by atoms with Gasteiger partial charge in [-0.15, -0.1) is 0 Å². The lowest BCUT2D eigenvalue weighted by Crippen LogP contribution is -2.27. The van der Waals surface area contributed by atoms with Crippen molar-refractivity contribution in [2.45, 2.75) is 39.2 Å². The van der Waals surface area contributed by atoms with E-state index in [9.17, 15) is 5.11 Å². The van der Waals surface area contributed by atoms with Crippen LogP contribution in [0.15, 0.2) is 12.2 Å². The van der Waals surface area contributed by atoms with Crippen molar-refractivity contribution in [1.82, 2.24) is 5.32 Å². The number of hydrogen-bond acceptors (Lipinski definition) is 2. The van der Waals surface area contributed by atoms with Gasteiger partial charge in [-0.3, -0.25) is 0 Å². The molecule has 0 aliphatic rings. The second-order valence-corrected chi connectivity index (χ2v) is 3.18. The van der Waals surface area contributed by atoms with Gasteiger partial charge in [0.05, 0.1) is 6.10 Å². The van der Waals surface area contributed by atoms with Gasteiger partial charge in [-0.2, -0.15) is 0 Å². The molecule has 2 nitrogen and oxygen atoms in total. The molecule has 0 radical (unpaired) electrons. The summed E-state index contributed by atoms with van der Waals surface area (Å²) in [5, 5.41) is 12.5. The summed E-state index contributed by atoms with van der Waals surface area (Å²) < 4.78 is 0. The predicted octanol–water partition coefficient (Wildman–Crippen LogP) is 1.70. The van der Waals surface area contributed by atoms with Gasteiger partial charge in [-0.05, 0) is 12.8 Å². The second-order valence-electron chi connectivity index (χ2n) is 3.18. The third-order valence-electron chi connectivity index (χ3n) is 1.88. The average molecular weight is 171 g/mol. The summed E-state index contributed by atoms with van der Waals surface area (Å²) in [4.78, 5) is 0. The molecule has 0 rings (SSSR count). The highest BCUT2D eigenvalue weighted by Gasteiger charge is 2.00. The van der Waals surface area contributed by atoms with Gasteiger partial charge in [-0.1, -0.05) is 32.4 Å². The predicted molar refractivity (Wildman–Crippen MR) is 53.2 cm³/mol. The molecule has 0 aromatic heterocycles. The first-order valence-electron chi connectivity index (χ1n) is 4.76. The van der Waals surface area contributed by atoms with Crippen LogP contribution in [0.1, 0.15) is 33.1 Å². The summed E-state index contributed by atoms with van der Waals surface area (Å²) in [5.41, 5.74) is 1.19. The maximum Gasteiger partial charge on any atom is 0.0664 e. The second kappa shape index (κ2) is 7.32. The zero-order valence-electron chi connectivity index (χ0n) is 8.27.